The summed E-state index contributed by atoms with van der Waals surface area (Å²) in [6.45, 7) is 8.61. The molecule has 0 spiro atoms. The molecular formula is C16H27N3OS. The van der Waals surface area contributed by atoms with Crippen molar-refractivity contribution in [2.45, 2.75) is 76.9 Å². The van der Waals surface area contributed by atoms with Gasteiger partial charge in [-0.05, 0) is 25.7 Å². The van der Waals surface area contributed by atoms with Crippen LogP contribution in [0.15, 0.2) is 0 Å². The maximum absolute atomic E-state index is 6.24. The molecule has 5 heteroatoms. The van der Waals surface area contributed by atoms with Crippen molar-refractivity contribution < 1.29 is 4.74 Å². The molecular weight excluding hydrogens is 282 g/mol. The number of rotatable bonds is 3. The molecule has 0 atom stereocenters. The summed E-state index contributed by atoms with van der Waals surface area (Å²) >= 11 is 1.54. The van der Waals surface area contributed by atoms with Crippen LogP contribution in [0, 0.1) is 0 Å². The zero-order valence-electron chi connectivity index (χ0n) is 13.5. The highest BCUT2D eigenvalue weighted by molar-refractivity contribution is 7.09. The summed E-state index contributed by atoms with van der Waals surface area (Å²) < 4.78 is 10.8. The summed E-state index contributed by atoms with van der Waals surface area (Å²) in [6, 6.07) is 0. The van der Waals surface area contributed by atoms with Crippen molar-refractivity contribution in [2.24, 2.45) is 0 Å². The van der Waals surface area contributed by atoms with Crippen LogP contribution < -0.4 is 4.90 Å². The molecule has 0 N–H and O–H groups in total. The summed E-state index contributed by atoms with van der Waals surface area (Å²) in [4.78, 5) is 7.10. The molecule has 0 unspecified atom stereocenters. The van der Waals surface area contributed by atoms with Crippen LogP contribution in [-0.4, -0.2) is 34.7 Å². The van der Waals surface area contributed by atoms with Gasteiger partial charge in [0, 0.05) is 30.0 Å². The van der Waals surface area contributed by atoms with Gasteiger partial charge < -0.3 is 9.64 Å². The van der Waals surface area contributed by atoms with E-state index < -0.39 is 0 Å². The molecule has 118 valence electrons. The number of anilines is 1. The highest BCUT2D eigenvalue weighted by Crippen LogP contribution is 2.29. The molecule has 1 saturated heterocycles. The molecule has 1 saturated carbocycles. The van der Waals surface area contributed by atoms with E-state index >= 15 is 0 Å². The highest BCUT2D eigenvalue weighted by atomic mass is 32.1. The van der Waals surface area contributed by atoms with Crippen molar-refractivity contribution >= 4 is 16.7 Å². The Bertz CT molecular complexity index is 454. The number of nitrogens with zero attached hydrogens (tertiary/aromatic N) is 3. The predicted molar refractivity (Wildman–Crippen MR) is 87.2 cm³/mol. The van der Waals surface area contributed by atoms with Gasteiger partial charge in [0.05, 0.1) is 12.2 Å². The number of aromatic nitrogens is 2. The van der Waals surface area contributed by atoms with Gasteiger partial charge in [-0.15, -0.1) is 0 Å². The fourth-order valence-electron chi connectivity index (χ4n) is 3.13. The molecule has 2 fully saturated rings. The molecule has 0 radical (unpaired) electrons. The molecule has 21 heavy (non-hydrogen) atoms. The van der Waals surface area contributed by atoms with Crippen LogP contribution in [0.25, 0.3) is 0 Å². The predicted octanol–water partition coefficient (Wildman–Crippen LogP) is 3.76. The van der Waals surface area contributed by atoms with Crippen LogP contribution in [-0.2, 0) is 10.2 Å². The minimum Gasteiger partial charge on any atom is -0.375 e. The minimum atomic E-state index is 0.0403. The SMILES string of the molecule is CC(C)(C)c1nsc(N2CCC(OC3CCCC3)CC2)n1. The molecule has 0 amide bonds. The van der Waals surface area contributed by atoms with Gasteiger partial charge in [-0.25, -0.2) is 4.98 Å². The molecule has 1 aliphatic carbocycles. The first-order chi connectivity index (χ1) is 10.0. The Kier molecular flexibility index (Phi) is 4.50. The van der Waals surface area contributed by atoms with Crippen molar-refractivity contribution in [2.75, 3.05) is 18.0 Å². The summed E-state index contributed by atoms with van der Waals surface area (Å²) in [6.07, 6.45) is 8.49. The Hall–Kier alpha value is -0.680. The van der Waals surface area contributed by atoms with Crippen LogP contribution in [0.3, 0.4) is 0 Å². The van der Waals surface area contributed by atoms with Crippen LogP contribution in [0.5, 0.6) is 0 Å². The van der Waals surface area contributed by atoms with E-state index in [0.717, 1.165) is 36.9 Å². The average molecular weight is 309 g/mol. The first-order valence-corrected chi connectivity index (χ1v) is 9.04. The van der Waals surface area contributed by atoms with Crippen LogP contribution in [0.2, 0.25) is 0 Å². The first-order valence-electron chi connectivity index (χ1n) is 8.27. The second kappa shape index (κ2) is 6.21. The third-order valence-electron chi connectivity index (χ3n) is 4.49. The maximum atomic E-state index is 6.24. The lowest BCUT2D eigenvalue weighted by Gasteiger charge is -2.32. The standard InChI is InChI=1S/C16H27N3OS/c1-16(2,3)14-17-15(21-18-14)19-10-8-13(9-11-19)20-12-6-4-5-7-12/h12-13H,4-11H2,1-3H3. The second-order valence-electron chi connectivity index (χ2n) is 7.38. The molecule has 2 heterocycles. The average Bonchev–Trinajstić information content (AvgIpc) is 3.09. The Morgan fingerprint density at radius 2 is 1.67 bits per heavy atom. The topological polar surface area (TPSA) is 38.2 Å². The maximum Gasteiger partial charge on any atom is 0.205 e. The van der Waals surface area contributed by atoms with E-state index in [2.05, 4.69) is 30.0 Å². The lowest BCUT2D eigenvalue weighted by atomic mass is 9.96. The molecule has 0 bridgehead atoms. The fourth-order valence-corrected chi connectivity index (χ4v) is 4.04. The zero-order chi connectivity index (χ0) is 14.9. The normalized spacial score (nSPS) is 22.1. The van der Waals surface area contributed by atoms with Crippen molar-refractivity contribution in [3.05, 3.63) is 5.82 Å². The van der Waals surface area contributed by atoms with Crippen molar-refractivity contribution in [1.29, 1.82) is 0 Å². The van der Waals surface area contributed by atoms with Crippen molar-refractivity contribution in [3.63, 3.8) is 0 Å². The quantitative estimate of drug-likeness (QED) is 0.852. The first kappa shape index (κ1) is 15.2. The van der Waals surface area contributed by atoms with Gasteiger partial charge >= 0.3 is 0 Å². The molecule has 0 aromatic carbocycles. The van der Waals surface area contributed by atoms with E-state index in [4.69, 9.17) is 9.72 Å². The number of hydrogen-bond acceptors (Lipinski definition) is 5. The molecule has 2 aliphatic rings. The van der Waals surface area contributed by atoms with E-state index in [1.807, 2.05) is 0 Å². The van der Waals surface area contributed by atoms with Gasteiger partial charge in [0.2, 0.25) is 5.13 Å². The van der Waals surface area contributed by atoms with Gasteiger partial charge in [0.1, 0.15) is 5.82 Å². The minimum absolute atomic E-state index is 0.0403. The van der Waals surface area contributed by atoms with Gasteiger partial charge in [-0.1, -0.05) is 33.6 Å². The Morgan fingerprint density at radius 3 is 2.24 bits per heavy atom. The number of ether oxygens (including phenoxy) is 1. The van der Waals surface area contributed by atoms with Crippen molar-refractivity contribution in [3.8, 4) is 0 Å². The lowest BCUT2D eigenvalue weighted by Crippen LogP contribution is -2.38. The summed E-state index contributed by atoms with van der Waals surface area (Å²) in [5.41, 5.74) is 0.0403. The van der Waals surface area contributed by atoms with E-state index in [0.29, 0.717) is 12.2 Å². The fraction of sp³-hybridized carbons (Fsp3) is 0.875. The van der Waals surface area contributed by atoms with E-state index in [1.54, 1.807) is 11.5 Å². The van der Waals surface area contributed by atoms with E-state index in [1.165, 1.54) is 25.7 Å². The second-order valence-corrected chi connectivity index (χ2v) is 8.11. The van der Waals surface area contributed by atoms with Crippen LogP contribution in [0.4, 0.5) is 5.13 Å². The van der Waals surface area contributed by atoms with Gasteiger partial charge in [0.15, 0.2) is 0 Å². The molecule has 4 nitrogen and oxygen atoms in total. The van der Waals surface area contributed by atoms with Gasteiger partial charge in [0.25, 0.3) is 0 Å². The third-order valence-corrected chi connectivity index (χ3v) is 5.26. The lowest BCUT2D eigenvalue weighted by molar-refractivity contribution is -0.0194. The molecule has 1 aliphatic heterocycles. The van der Waals surface area contributed by atoms with Gasteiger partial charge in [-0.2, -0.15) is 4.37 Å². The van der Waals surface area contributed by atoms with Crippen LogP contribution >= 0.6 is 11.5 Å². The summed E-state index contributed by atoms with van der Waals surface area (Å²) in [7, 11) is 0. The van der Waals surface area contributed by atoms with E-state index in [9.17, 15) is 0 Å². The Balaban J connectivity index is 1.52. The zero-order valence-corrected chi connectivity index (χ0v) is 14.3. The molecule has 3 rings (SSSR count). The highest BCUT2D eigenvalue weighted by Gasteiger charge is 2.27. The summed E-state index contributed by atoms with van der Waals surface area (Å²) in [5, 5.41) is 1.08. The smallest absolute Gasteiger partial charge is 0.205 e. The summed E-state index contributed by atoms with van der Waals surface area (Å²) in [5.74, 6) is 0.965. The van der Waals surface area contributed by atoms with Crippen LogP contribution in [0.1, 0.15) is 65.1 Å². The largest absolute Gasteiger partial charge is 0.375 e. The van der Waals surface area contributed by atoms with E-state index in [-0.39, 0.29) is 5.41 Å². The molecule has 1 aromatic rings. The number of hydrogen-bond donors (Lipinski definition) is 0. The third kappa shape index (κ3) is 3.75. The number of piperidine rings is 1. The van der Waals surface area contributed by atoms with Gasteiger partial charge in [-0.3, -0.25) is 0 Å². The molecule has 1 aromatic heterocycles. The Morgan fingerprint density at radius 1 is 1.05 bits per heavy atom. The Labute approximate surface area is 132 Å². The van der Waals surface area contributed by atoms with Crippen molar-refractivity contribution in [1.82, 2.24) is 9.36 Å². The monoisotopic (exact) mass is 309 g/mol.